The van der Waals surface area contributed by atoms with Gasteiger partial charge < -0.3 is 15.7 Å². The Kier molecular flexibility index (Phi) is 5.98. The zero-order valence-corrected chi connectivity index (χ0v) is 14.7. The molecular weight excluding hydrogens is 304 g/mol. The zero-order chi connectivity index (χ0) is 17.7. The van der Waals surface area contributed by atoms with Crippen LogP contribution in [-0.4, -0.2) is 33.6 Å². The molecule has 2 atom stereocenters. The number of urea groups is 1. The Hall–Kier alpha value is -2.34. The molecule has 2 rings (SSSR count). The van der Waals surface area contributed by atoms with Crippen LogP contribution in [0.5, 0.6) is 0 Å². The van der Waals surface area contributed by atoms with Crippen LogP contribution in [0.1, 0.15) is 31.7 Å². The Balaban J connectivity index is 2.03. The molecule has 0 fully saturated rings. The number of amides is 2. The minimum atomic E-state index is -0.363. The molecule has 0 bridgehead atoms. The first-order valence-corrected chi connectivity index (χ1v) is 8.23. The van der Waals surface area contributed by atoms with Crippen LogP contribution in [0.2, 0.25) is 0 Å². The summed E-state index contributed by atoms with van der Waals surface area (Å²) in [6.07, 6.45) is 0.294. The number of aromatic nitrogens is 2. The molecule has 0 radical (unpaired) electrons. The minimum absolute atomic E-state index is 0.213. The standard InChI is InChI=1S/C18H26N4O2/c1-12(10-13(2)23)11-19-18(24)20-17-14(3)21-22(15(17)4)16-8-6-5-7-9-16/h5-9,12-13,23H,10-11H2,1-4H3,(H2,19,20,24). The highest BCUT2D eigenvalue weighted by molar-refractivity contribution is 5.90. The van der Waals surface area contributed by atoms with E-state index in [0.717, 1.165) is 22.8 Å². The summed E-state index contributed by atoms with van der Waals surface area (Å²) >= 11 is 0. The van der Waals surface area contributed by atoms with Crippen molar-refractivity contribution in [3.63, 3.8) is 0 Å². The fraction of sp³-hybridized carbons (Fsp3) is 0.444. The van der Waals surface area contributed by atoms with E-state index in [9.17, 15) is 9.90 Å². The first-order chi connectivity index (χ1) is 11.4. The Morgan fingerprint density at radius 2 is 1.92 bits per heavy atom. The van der Waals surface area contributed by atoms with E-state index in [1.54, 1.807) is 6.92 Å². The molecule has 0 saturated carbocycles. The lowest BCUT2D eigenvalue weighted by Gasteiger charge is -2.14. The number of hydrogen-bond acceptors (Lipinski definition) is 3. The van der Waals surface area contributed by atoms with E-state index in [0.29, 0.717) is 13.0 Å². The summed E-state index contributed by atoms with van der Waals surface area (Å²) in [6, 6.07) is 9.55. The van der Waals surface area contributed by atoms with Crippen LogP contribution in [-0.2, 0) is 0 Å². The van der Waals surface area contributed by atoms with Crippen molar-refractivity contribution in [2.24, 2.45) is 5.92 Å². The molecule has 0 aliphatic rings. The van der Waals surface area contributed by atoms with Gasteiger partial charge in [0.05, 0.1) is 28.9 Å². The molecule has 0 aliphatic carbocycles. The average molecular weight is 330 g/mol. The number of anilines is 1. The van der Waals surface area contributed by atoms with Gasteiger partial charge >= 0.3 is 6.03 Å². The summed E-state index contributed by atoms with van der Waals surface area (Å²) in [4.78, 5) is 12.1. The number of carbonyl (C=O) groups is 1. The summed E-state index contributed by atoms with van der Waals surface area (Å²) in [7, 11) is 0. The minimum Gasteiger partial charge on any atom is -0.393 e. The number of nitrogens with one attached hydrogen (secondary N) is 2. The second-order valence-electron chi connectivity index (χ2n) is 6.32. The second-order valence-corrected chi connectivity index (χ2v) is 6.32. The second kappa shape index (κ2) is 7.97. The lowest BCUT2D eigenvalue weighted by molar-refractivity contribution is 0.163. The van der Waals surface area contributed by atoms with Gasteiger partial charge in [0.15, 0.2) is 0 Å². The maximum atomic E-state index is 12.1. The number of rotatable bonds is 6. The number of hydrogen-bond donors (Lipinski definition) is 3. The molecule has 130 valence electrons. The first kappa shape index (κ1) is 18.0. The van der Waals surface area contributed by atoms with Crippen LogP contribution in [0.25, 0.3) is 5.69 Å². The maximum absolute atomic E-state index is 12.1. The molecular formula is C18H26N4O2. The van der Waals surface area contributed by atoms with Crippen molar-refractivity contribution in [1.82, 2.24) is 15.1 Å². The van der Waals surface area contributed by atoms with Crippen molar-refractivity contribution in [1.29, 1.82) is 0 Å². The van der Waals surface area contributed by atoms with Gasteiger partial charge in [0.25, 0.3) is 0 Å². The number of aliphatic hydroxyl groups is 1. The number of carbonyl (C=O) groups excluding carboxylic acids is 1. The largest absolute Gasteiger partial charge is 0.393 e. The van der Waals surface area contributed by atoms with Gasteiger partial charge in [-0.2, -0.15) is 5.10 Å². The van der Waals surface area contributed by atoms with Gasteiger partial charge in [-0.05, 0) is 45.2 Å². The highest BCUT2D eigenvalue weighted by Gasteiger charge is 2.15. The Labute approximate surface area is 142 Å². The Morgan fingerprint density at radius 1 is 1.25 bits per heavy atom. The Morgan fingerprint density at radius 3 is 2.54 bits per heavy atom. The fourth-order valence-corrected chi connectivity index (χ4v) is 2.73. The van der Waals surface area contributed by atoms with Crippen LogP contribution in [0.15, 0.2) is 30.3 Å². The van der Waals surface area contributed by atoms with Crippen molar-refractivity contribution in [2.75, 3.05) is 11.9 Å². The molecule has 1 aromatic heterocycles. The lowest BCUT2D eigenvalue weighted by atomic mass is 10.1. The molecule has 1 aromatic carbocycles. The summed E-state index contributed by atoms with van der Waals surface area (Å²) in [5.41, 5.74) is 3.33. The molecule has 2 amide bonds. The SMILES string of the molecule is Cc1nn(-c2ccccc2)c(C)c1NC(=O)NCC(C)CC(C)O. The van der Waals surface area contributed by atoms with Crippen LogP contribution in [0.4, 0.5) is 10.5 Å². The van der Waals surface area contributed by atoms with E-state index in [2.05, 4.69) is 15.7 Å². The number of benzene rings is 1. The number of nitrogens with zero attached hydrogens (tertiary/aromatic N) is 2. The zero-order valence-electron chi connectivity index (χ0n) is 14.7. The van der Waals surface area contributed by atoms with Gasteiger partial charge in [-0.15, -0.1) is 0 Å². The summed E-state index contributed by atoms with van der Waals surface area (Å²) < 4.78 is 1.82. The van der Waals surface area contributed by atoms with Crippen molar-refractivity contribution < 1.29 is 9.90 Å². The third-order valence-electron chi connectivity index (χ3n) is 3.89. The molecule has 0 saturated heterocycles. The molecule has 1 heterocycles. The molecule has 0 aliphatic heterocycles. The molecule has 0 spiro atoms. The summed E-state index contributed by atoms with van der Waals surface area (Å²) in [5.74, 6) is 0.213. The quantitative estimate of drug-likeness (QED) is 0.762. The smallest absolute Gasteiger partial charge is 0.319 e. The van der Waals surface area contributed by atoms with Crippen molar-refractivity contribution in [3.8, 4) is 5.69 Å². The van der Waals surface area contributed by atoms with Gasteiger partial charge in [-0.3, -0.25) is 0 Å². The molecule has 3 N–H and O–H groups in total. The molecule has 6 heteroatoms. The van der Waals surface area contributed by atoms with Crippen LogP contribution in [0.3, 0.4) is 0 Å². The van der Waals surface area contributed by atoms with Gasteiger partial charge in [-0.25, -0.2) is 9.48 Å². The van der Waals surface area contributed by atoms with Crippen LogP contribution >= 0.6 is 0 Å². The summed E-state index contributed by atoms with van der Waals surface area (Å²) in [6.45, 7) is 8.07. The van der Waals surface area contributed by atoms with E-state index in [1.165, 1.54) is 0 Å². The molecule has 24 heavy (non-hydrogen) atoms. The Bertz CT molecular complexity index is 680. The fourth-order valence-electron chi connectivity index (χ4n) is 2.73. The van der Waals surface area contributed by atoms with Crippen molar-refractivity contribution >= 4 is 11.7 Å². The van der Waals surface area contributed by atoms with Crippen LogP contribution < -0.4 is 10.6 Å². The van der Waals surface area contributed by atoms with Gasteiger partial charge in [-0.1, -0.05) is 25.1 Å². The molecule has 6 nitrogen and oxygen atoms in total. The van der Waals surface area contributed by atoms with Crippen molar-refractivity contribution in [2.45, 2.75) is 40.2 Å². The monoisotopic (exact) mass is 330 g/mol. The summed E-state index contributed by atoms with van der Waals surface area (Å²) in [5, 5.41) is 19.6. The highest BCUT2D eigenvalue weighted by Crippen LogP contribution is 2.22. The molecule has 2 unspecified atom stereocenters. The van der Waals surface area contributed by atoms with Gasteiger partial charge in [0.2, 0.25) is 0 Å². The van der Waals surface area contributed by atoms with Crippen molar-refractivity contribution in [3.05, 3.63) is 41.7 Å². The van der Waals surface area contributed by atoms with Gasteiger partial charge in [0, 0.05) is 6.54 Å². The predicted octanol–water partition coefficient (Wildman–Crippen LogP) is 3.02. The first-order valence-electron chi connectivity index (χ1n) is 8.23. The number of aliphatic hydroxyl groups excluding tert-OH is 1. The third-order valence-corrected chi connectivity index (χ3v) is 3.89. The van der Waals surface area contributed by atoms with E-state index in [4.69, 9.17) is 0 Å². The average Bonchev–Trinajstić information content (AvgIpc) is 2.81. The number of para-hydroxylation sites is 1. The third kappa shape index (κ3) is 4.58. The number of aryl methyl sites for hydroxylation is 1. The topological polar surface area (TPSA) is 79.2 Å². The molecule has 2 aromatic rings. The van der Waals surface area contributed by atoms with Gasteiger partial charge in [0.1, 0.15) is 0 Å². The van der Waals surface area contributed by atoms with E-state index >= 15 is 0 Å². The highest BCUT2D eigenvalue weighted by atomic mass is 16.3. The predicted molar refractivity (Wildman–Crippen MR) is 95.5 cm³/mol. The maximum Gasteiger partial charge on any atom is 0.319 e. The van der Waals surface area contributed by atoms with E-state index in [1.807, 2.05) is 55.8 Å². The van der Waals surface area contributed by atoms with E-state index in [-0.39, 0.29) is 18.1 Å². The normalized spacial score (nSPS) is 13.4. The van der Waals surface area contributed by atoms with Crippen LogP contribution in [0, 0.1) is 19.8 Å². The lowest BCUT2D eigenvalue weighted by Crippen LogP contribution is -2.33. The van der Waals surface area contributed by atoms with E-state index < -0.39 is 0 Å².